The Morgan fingerprint density at radius 3 is 2.36 bits per heavy atom. The summed E-state index contributed by atoms with van der Waals surface area (Å²) in [6.45, 7) is 2.00. The molecule has 0 aliphatic carbocycles. The molecule has 1 saturated heterocycles. The summed E-state index contributed by atoms with van der Waals surface area (Å²) < 4.78 is 40.4. The highest BCUT2D eigenvalue weighted by Gasteiger charge is 2.27. The van der Waals surface area contributed by atoms with Gasteiger partial charge in [0.1, 0.15) is 17.5 Å². The molecule has 3 rings (SSSR count). The van der Waals surface area contributed by atoms with E-state index in [4.69, 9.17) is 0 Å². The normalized spacial score (nSPS) is 15.4. The van der Waals surface area contributed by atoms with Gasteiger partial charge in [-0.2, -0.15) is 0 Å². The molecule has 1 aliphatic rings. The summed E-state index contributed by atoms with van der Waals surface area (Å²) in [4.78, 5) is 16.7. The van der Waals surface area contributed by atoms with E-state index in [1.54, 1.807) is 17.0 Å². The average Bonchev–Trinajstić information content (AvgIpc) is 2.68. The van der Waals surface area contributed by atoms with Gasteiger partial charge in [0.2, 0.25) is 0 Å². The number of carbonyl (C=O) groups excluding carboxylic acids is 1. The highest BCUT2D eigenvalue weighted by atomic mass is 19.1. The van der Waals surface area contributed by atoms with Gasteiger partial charge in [-0.25, -0.2) is 18.0 Å². The highest BCUT2D eigenvalue weighted by molar-refractivity contribution is 5.74. The molecule has 28 heavy (non-hydrogen) atoms. The molecular formula is C21H24F3N3O. The summed E-state index contributed by atoms with van der Waals surface area (Å²) in [6, 6.07) is 8.94. The first-order chi connectivity index (χ1) is 13.4. The molecule has 1 fully saturated rings. The molecule has 0 atom stereocenters. The van der Waals surface area contributed by atoms with Crippen molar-refractivity contribution in [3.63, 3.8) is 0 Å². The number of piperidine rings is 1. The van der Waals surface area contributed by atoms with Gasteiger partial charge in [0, 0.05) is 24.2 Å². The summed E-state index contributed by atoms with van der Waals surface area (Å²) in [7, 11) is 2.02. The van der Waals surface area contributed by atoms with Gasteiger partial charge in [0.25, 0.3) is 0 Å². The lowest BCUT2D eigenvalue weighted by Crippen LogP contribution is -2.49. The van der Waals surface area contributed by atoms with Crippen LogP contribution in [0.15, 0.2) is 42.5 Å². The monoisotopic (exact) mass is 391 g/mol. The van der Waals surface area contributed by atoms with Crippen LogP contribution in [-0.4, -0.2) is 42.0 Å². The van der Waals surface area contributed by atoms with E-state index in [1.165, 1.54) is 24.3 Å². The first-order valence-corrected chi connectivity index (χ1v) is 9.34. The van der Waals surface area contributed by atoms with Crippen LogP contribution >= 0.6 is 0 Å². The van der Waals surface area contributed by atoms with Crippen LogP contribution in [0.5, 0.6) is 0 Å². The number of nitrogens with one attached hydrogen (secondary N) is 1. The molecule has 2 aromatic rings. The molecule has 150 valence electrons. The topological polar surface area (TPSA) is 35.6 Å². The fraction of sp³-hybridized carbons (Fsp3) is 0.381. The summed E-state index contributed by atoms with van der Waals surface area (Å²) in [5, 5.41) is 2.83. The molecule has 0 spiro atoms. The zero-order chi connectivity index (χ0) is 20.1. The van der Waals surface area contributed by atoms with E-state index in [1.807, 2.05) is 7.05 Å². The molecule has 2 amide bonds. The van der Waals surface area contributed by atoms with Crippen LogP contribution in [-0.2, 0) is 13.1 Å². The minimum absolute atomic E-state index is 0.0335. The summed E-state index contributed by atoms with van der Waals surface area (Å²) in [5.74, 6) is -1.65. The van der Waals surface area contributed by atoms with Gasteiger partial charge in [-0.3, -0.25) is 0 Å². The summed E-state index contributed by atoms with van der Waals surface area (Å²) in [5.41, 5.74) is 1.04. The third kappa shape index (κ3) is 5.25. The Hall–Kier alpha value is -2.54. The minimum atomic E-state index is -0.663. The van der Waals surface area contributed by atoms with Crippen LogP contribution in [0, 0.1) is 17.5 Å². The predicted octanol–water partition coefficient (Wildman–Crippen LogP) is 3.91. The maximum atomic E-state index is 14.1. The van der Waals surface area contributed by atoms with E-state index in [9.17, 15) is 18.0 Å². The van der Waals surface area contributed by atoms with Gasteiger partial charge in [-0.05, 0) is 56.7 Å². The molecule has 2 aromatic carbocycles. The maximum absolute atomic E-state index is 14.1. The van der Waals surface area contributed by atoms with Gasteiger partial charge in [-0.15, -0.1) is 0 Å². The highest BCUT2D eigenvalue weighted by Crippen LogP contribution is 2.20. The molecule has 7 heteroatoms. The number of benzene rings is 2. The first kappa shape index (κ1) is 20.2. The van der Waals surface area contributed by atoms with Gasteiger partial charge in [0.15, 0.2) is 0 Å². The van der Waals surface area contributed by atoms with Crippen LogP contribution in [0.2, 0.25) is 0 Å². The van der Waals surface area contributed by atoms with Crippen molar-refractivity contribution in [2.24, 2.45) is 0 Å². The van der Waals surface area contributed by atoms with E-state index in [0.717, 1.165) is 37.6 Å². The Labute approximate surface area is 162 Å². The number of amides is 2. The van der Waals surface area contributed by atoms with E-state index < -0.39 is 11.6 Å². The third-order valence-corrected chi connectivity index (χ3v) is 5.10. The number of urea groups is 1. The number of carbonyl (C=O) groups is 1. The molecule has 1 N–H and O–H groups in total. The predicted molar refractivity (Wildman–Crippen MR) is 101 cm³/mol. The van der Waals surface area contributed by atoms with E-state index in [0.29, 0.717) is 0 Å². The second kappa shape index (κ2) is 9.10. The number of halogens is 3. The van der Waals surface area contributed by atoms with Crippen LogP contribution in [0.25, 0.3) is 0 Å². The summed E-state index contributed by atoms with van der Waals surface area (Å²) in [6.07, 6.45) is 1.56. The Bertz CT molecular complexity index is 805. The Balaban J connectivity index is 1.72. The van der Waals surface area contributed by atoms with Crippen molar-refractivity contribution in [3.8, 4) is 0 Å². The first-order valence-electron chi connectivity index (χ1n) is 9.34. The van der Waals surface area contributed by atoms with Crippen LogP contribution in [0.1, 0.15) is 24.0 Å². The lowest BCUT2D eigenvalue weighted by molar-refractivity contribution is 0.126. The standard InChI is InChI=1S/C21H24F3N3O/c1-26-10-8-19(9-11-26)27(14-16-4-7-18(23)12-20(16)24)21(28)25-13-15-2-5-17(22)6-3-15/h2-7,12,19H,8-11,13-14H2,1H3,(H,25,28). The zero-order valence-electron chi connectivity index (χ0n) is 15.8. The number of rotatable bonds is 5. The number of likely N-dealkylation sites (tertiary alicyclic amines) is 1. The third-order valence-electron chi connectivity index (χ3n) is 5.10. The molecule has 0 unspecified atom stereocenters. The molecular weight excluding hydrogens is 367 g/mol. The van der Waals surface area contributed by atoms with Crippen molar-refractivity contribution in [3.05, 3.63) is 71.0 Å². The minimum Gasteiger partial charge on any atom is -0.334 e. The molecule has 1 heterocycles. The van der Waals surface area contributed by atoms with Crippen LogP contribution in [0.3, 0.4) is 0 Å². The van der Waals surface area contributed by atoms with Crippen molar-refractivity contribution in [2.45, 2.75) is 32.0 Å². The molecule has 0 aromatic heterocycles. The largest absolute Gasteiger partial charge is 0.334 e. The second-order valence-electron chi connectivity index (χ2n) is 7.18. The van der Waals surface area contributed by atoms with Crippen molar-refractivity contribution < 1.29 is 18.0 Å². The molecule has 1 aliphatic heterocycles. The smallest absolute Gasteiger partial charge is 0.318 e. The quantitative estimate of drug-likeness (QED) is 0.839. The van der Waals surface area contributed by atoms with Gasteiger partial charge >= 0.3 is 6.03 Å². The van der Waals surface area contributed by atoms with Gasteiger partial charge in [-0.1, -0.05) is 18.2 Å². The van der Waals surface area contributed by atoms with Crippen molar-refractivity contribution in [2.75, 3.05) is 20.1 Å². The summed E-state index contributed by atoms with van der Waals surface area (Å²) >= 11 is 0. The Kier molecular flexibility index (Phi) is 6.57. The molecule has 4 nitrogen and oxygen atoms in total. The van der Waals surface area contributed by atoms with Crippen molar-refractivity contribution in [1.82, 2.24) is 15.1 Å². The zero-order valence-corrected chi connectivity index (χ0v) is 15.8. The van der Waals surface area contributed by atoms with Crippen LogP contribution in [0.4, 0.5) is 18.0 Å². The lowest BCUT2D eigenvalue weighted by atomic mass is 10.0. The van der Waals surface area contributed by atoms with E-state index in [2.05, 4.69) is 10.2 Å². The maximum Gasteiger partial charge on any atom is 0.318 e. The average molecular weight is 391 g/mol. The molecule has 0 saturated carbocycles. The number of hydrogen-bond donors (Lipinski definition) is 1. The Morgan fingerprint density at radius 1 is 1.07 bits per heavy atom. The lowest BCUT2D eigenvalue weighted by Gasteiger charge is -2.37. The fourth-order valence-corrected chi connectivity index (χ4v) is 3.39. The van der Waals surface area contributed by atoms with E-state index in [-0.39, 0.29) is 36.5 Å². The van der Waals surface area contributed by atoms with Gasteiger partial charge in [0.05, 0.1) is 6.54 Å². The SMILES string of the molecule is CN1CCC(N(Cc2ccc(F)cc2F)C(=O)NCc2ccc(F)cc2)CC1. The molecule has 0 bridgehead atoms. The van der Waals surface area contributed by atoms with Gasteiger partial charge < -0.3 is 15.1 Å². The van der Waals surface area contributed by atoms with E-state index >= 15 is 0 Å². The van der Waals surface area contributed by atoms with Crippen molar-refractivity contribution >= 4 is 6.03 Å². The molecule has 0 radical (unpaired) electrons. The Morgan fingerprint density at radius 2 is 1.71 bits per heavy atom. The van der Waals surface area contributed by atoms with Crippen molar-refractivity contribution in [1.29, 1.82) is 0 Å². The van der Waals surface area contributed by atoms with Crippen LogP contribution < -0.4 is 5.32 Å². The fourth-order valence-electron chi connectivity index (χ4n) is 3.39. The number of nitrogens with zero attached hydrogens (tertiary/aromatic N) is 2. The second-order valence-corrected chi connectivity index (χ2v) is 7.18. The number of hydrogen-bond acceptors (Lipinski definition) is 2.